The molecule has 0 spiro atoms. The summed E-state index contributed by atoms with van der Waals surface area (Å²) < 4.78 is 7.92. The van der Waals surface area contributed by atoms with Crippen molar-refractivity contribution in [3.05, 3.63) is 144 Å². The summed E-state index contributed by atoms with van der Waals surface area (Å²) in [7, 11) is -1.62. The molecule has 4 aromatic carbocycles. The lowest BCUT2D eigenvalue weighted by Gasteiger charge is -2.33. The van der Waals surface area contributed by atoms with Crippen LogP contribution in [0.4, 0.5) is 0 Å². The van der Waals surface area contributed by atoms with Gasteiger partial charge in [-0.1, -0.05) is 107 Å². The van der Waals surface area contributed by atoms with Gasteiger partial charge in [-0.15, -0.1) is 11.3 Å². The molecule has 0 fully saturated rings. The van der Waals surface area contributed by atoms with Crippen molar-refractivity contribution in [2.75, 3.05) is 0 Å². The van der Waals surface area contributed by atoms with Crippen LogP contribution in [0.15, 0.2) is 122 Å². The first-order valence-electron chi connectivity index (χ1n) is 19.6. The third-order valence-electron chi connectivity index (χ3n) is 12.1. The second-order valence-corrected chi connectivity index (χ2v) is 22.8. The average molecular weight is 727 g/mol. The Labute approximate surface area is 320 Å². The number of rotatable bonds is 4. The predicted molar refractivity (Wildman–Crippen MR) is 229 cm³/mol. The van der Waals surface area contributed by atoms with Crippen LogP contribution in [-0.4, -0.2) is 8.07 Å². The highest BCUT2D eigenvalue weighted by atomic mass is 32.1. The van der Waals surface area contributed by atoms with E-state index in [0.717, 1.165) is 31.4 Å². The Hall–Kier alpha value is -4.64. The smallest absolute Gasteiger partial charge is 0.194 e. The van der Waals surface area contributed by atoms with Crippen molar-refractivity contribution in [1.29, 1.82) is 0 Å². The van der Waals surface area contributed by atoms with Crippen molar-refractivity contribution in [3.63, 3.8) is 0 Å². The maximum Gasteiger partial charge on any atom is 0.219 e. The zero-order valence-corrected chi connectivity index (χ0v) is 33.9. The van der Waals surface area contributed by atoms with Gasteiger partial charge in [0, 0.05) is 54.5 Å². The van der Waals surface area contributed by atoms with Gasteiger partial charge in [-0.25, -0.2) is 0 Å². The topological polar surface area (TPSA) is 7.76 Å². The Balaban J connectivity index is 1.32. The molecule has 4 heteroatoms. The van der Waals surface area contributed by atoms with Gasteiger partial charge >= 0.3 is 0 Å². The normalized spacial score (nSPS) is 16.9. The van der Waals surface area contributed by atoms with Gasteiger partial charge in [0.25, 0.3) is 0 Å². The van der Waals surface area contributed by atoms with Crippen molar-refractivity contribution < 1.29 is 9.13 Å². The molecular formula is C49H50N2SSi+2. The molecule has 0 bridgehead atoms. The van der Waals surface area contributed by atoms with Crippen LogP contribution in [0.1, 0.15) is 73.7 Å². The summed E-state index contributed by atoms with van der Waals surface area (Å²) in [6, 6.07) is 39.5. The molecule has 2 aliphatic rings. The molecule has 53 heavy (non-hydrogen) atoms. The summed E-state index contributed by atoms with van der Waals surface area (Å²) in [5.74, 6) is 0.717. The zero-order chi connectivity index (χ0) is 36.6. The van der Waals surface area contributed by atoms with E-state index >= 15 is 0 Å². The molecule has 9 rings (SSSR count). The molecule has 2 nitrogen and oxygen atoms in total. The Morgan fingerprint density at radius 3 is 2.30 bits per heavy atom. The number of nitrogens with zero attached hydrogens (tertiary/aromatic N) is 2. The molecular weight excluding hydrogens is 677 g/mol. The first-order chi connectivity index (χ1) is 25.6. The molecule has 2 atom stereocenters. The molecule has 2 aliphatic heterocycles. The fourth-order valence-electron chi connectivity index (χ4n) is 9.39. The summed E-state index contributed by atoms with van der Waals surface area (Å²) in [6.45, 7) is 19.5. The van der Waals surface area contributed by atoms with E-state index < -0.39 is 8.07 Å². The molecule has 7 aromatic rings. The highest BCUT2D eigenvalue weighted by Gasteiger charge is 2.44. The van der Waals surface area contributed by atoms with Crippen LogP contribution in [0.5, 0.6) is 0 Å². The van der Waals surface area contributed by atoms with Crippen molar-refractivity contribution in [3.8, 4) is 33.6 Å². The maximum absolute atomic E-state index is 4.99. The van der Waals surface area contributed by atoms with Crippen LogP contribution in [0.25, 0.3) is 59.5 Å². The fraction of sp³-hybridized carbons (Fsp3) is 0.265. The number of hydrogen-bond donors (Lipinski definition) is 0. The van der Waals surface area contributed by atoms with Crippen molar-refractivity contribution in [1.82, 2.24) is 0 Å². The SMILES string of the molecule is C=C1CC2C(CCc3cc4sc5ccccc5c4cc3-c3cc(-c4ccccc4)c(C(C)C)c[n+]31)c1ccccc1-c1cc(CC)c([Si](C)(C)C)c[n+]12. The monoisotopic (exact) mass is 726 g/mol. The van der Waals surface area contributed by atoms with Gasteiger partial charge in [0.05, 0.1) is 20.1 Å². The van der Waals surface area contributed by atoms with Crippen LogP contribution in [0.2, 0.25) is 19.6 Å². The summed E-state index contributed by atoms with van der Waals surface area (Å²) in [5, 5.41) is 4.28. The number of benzene rings is 4. The van der Waals surface area contributed by atoms with Crippen molar-refractivity contribution in [2.45, 2.75) is 84.0 Å². The highest BCUT2D eigenvalue weighted by Crippen LogP contribution is 2.46. The molecule has 0 saturated heterocycles. The number of hydrogen-bond acceptors (Lipinski definition) is 1. The Bertz CT molecular complexity index is 2570. The second-order valence-electron chi connectivity index (χ2n) is 16.7. The van der Waals surface area contributed by atoms with E-state index in [0.29, 0.717) is 11.8 Å². The van der Waals surface area contributed by atoms with Gasteiger partial charge in [-0.05, 0) is 83.8 Å². The number of aromatic nitrogens is 2. The van der Waals surface area contributed by atoms with E-state index in [-0.39, 0.29) is 6.04 Å². The van der Waals surface area contributed by atoms with E-state index in [1.54, 1.807) is 5.19 Å². The first kappa shape index (κ1) is 34.1. The lowest BCUT2D eigenvalue weighted by atomic mass is 9.77. The van der Waals surface area contributed by atoms with Crippen molar-refractivity contribution in [2.24, 2.45) is 0 Å². The van der Waals surface area contributed by atoms with Crippen LogP contribution in [0.3, 0.4) is 0 Å². The minimum atomic E-state index is -1.62. The fourth-order valence-corrected chi connectivity index (χ4v) is 12.3. The van der Waals surface area contributed by atoms with E-state index in [1.165, 1.54) is 76.1 Å². The molecule has 0 N–H and O–H groups in total. The van der Waals surface area contributed by atoms with Gasteiger partial charge in [0.2, 0.25) is 11.4 Å². The Morgan fingerprint density at radius 1 is 0.774 bits per heavy atom. The number of pyridine rings is 2. The number of thiophene rings is 1. The first-order valence-corrected chi connectivity index (χ1v) is 23.9. The molecule has 2 unspecified atom stereocenters. The van der Waals surface area contributed by atoms with Crippen LogP contribution < -0.4 is 14.3 Å². The quantitative estimate of drug-likeness (QED) is 0.126. The number of allylic oxidation sites excluding steroid dienone is 1. The van der Waals surface area contributed by atoms with Gasteiger partial charge in [-0.3, -0.25) is 0 Å². The minimum Gasteiger partial charge on any atom is -0.194 e. The summed E-state index contributed by atoms with van der Waals surface area (Å²) in [5.41, 5.74) is 14.9. The Morgan fingerprint density at radius 2 is 1.53 bits per heavy atom. The molecule has 0 amide bonds. The molecule has 0 saturated carbocycles. The summed E-state index contributed by atoms with van der Waals surface area (Å²) >= 11 is 1.93. The molecule has 0 aliphatic carbocycles. The molecule has 0 radical (unpaired) electrons. The second kappa shape index (κ2) is 13.0. The van der Waals surface area contributed by atoms with E-state index in [1.807, 2.05) is 11.3 Å². The van der Waals surface area contributed by atoms with Crippen LogP contribution in [0, 0.1) is 0 Å². The van der Waals surface area contributed by atoms with Crippen LogP contribution >= 0.6 is 11.3 Å². The van der Waals surface area contributed by atoms with E-state index in [9.17, 15) is 0 Å². The van der Waals surface area contributed by atoms with Gasteiger partial charge in [0.15, 0.2) is 24.1 Å². The standard InChI is InChI=1S/C49H50N2SSi/c1-8-33-25-45-37-19-13-12-18-36(37)38-23-22-35-26-48-42(39-20-14-15-21-47(39)52-48)27-41(35)46-28-40(34-16-10-9-11-17-34)43(31(2)3)29-50(46)32(4)24-44(38)51(45)30-49(33)53(5,6)7/h9-21,25-31,38,44H,4,8,22-24H2,1-3,5-7H3/q+2. The van der Waals surface area contributed by atoms with Crippen LogP contribution in [-0.2, 0) is 12.8 Å². The van der Waals surface area contributed by atoms with Crippen molar-refractivity contribution >= 4 is 50.5 Å². The largest absolute Gasteiger partial charge is 0.219 e. The van der Waals surface area contributed by atoms with Gasteiger partial charge < -0.3 is 0 Å². The molecule has 5 heterocycles. The Kier molecular flexibility index (Phi) is 8.40. The maximum atomic E-state index is 4.99. The average Bonchev–Trinajstić information content (AvgIpc) is 3.53. The lowest BCUT2D eigenvalue weighted by Crippen LogP contribution is -2.54. The zero-order valence-electron chi connectivity index (χ0n) is 32.0. The molecule has 3 aromatic heterocycles. The lowest BCUT2D eigenvalue weighted by molar-refractivity contribution is -0.719. The summed E-state index contributed by atoms with van der Waals surface area (Å²) in [6.07, 6.45) is 9.06. The highest BCUT2D eigenvalue weighted by molar-refractivity contribution is 7.25. The summed E-state index contributed by atoms with van der Waals surface area (Å²) in [4.78, 5) is 0. The number of aryl methyl sites for hydroxylation is 2. The van der Waals surface area contributed by atoms with E-state index in [4.69, 9.17) is 6.58 Å². The number of fused-ring (bicyclic) bond motifs is 12. The van der Waals surface area contributed by atoms with Gasteiger partial charge in [0.1, 0.15) is 0 Å². The third-order valence-corrected chi connectivity index (χ3v) is 15.3. The minimum absolute atomic E-state index is 0.264. The third kappa shape index (κ3) is 5.73. The predicted octanol–water partition coefficient (Wildman–Crippen LogP) is 12.0. The van der Waals surface area contributed by atoms with Gasteiger partial charge in [-0.2, -0.15) is 9.13 Å². The molecule has 264 valence electrons. The van der Waals surface area contributed by atoms with E-state index in [2.05, 4.69) is 165 Å².